The first-order valence-corrected chi connectivity index (χ1v) is 10.3. The topological polar surface area (TPSA) is 83.5 Å². The smallest absolute Gasteiger partial charge is 0.337 e. The summed E-state index contributed by atoms with van der Waals surface area (Å²) < 4.78 is 26.9. The third kappa shape index (κ3) is 7.20. The number of carbonyl (C=O) groups is 1. The fraction of sp³-hybridized carbons (Fsp3) is 0.588. The number of hydrogen-bond acceptors (Lipinski definition) is 3. The van der Waals surface area contributed by atoms with Crippen LogP contribution < -0.4 is 4.72 Å². The largest absolute Gasteiger partial charge is 0.478 e. The van der Waals surface area contributed by atoms with E-state index in [1.165, 1.54) is 44.2 Å². The van der Waals surface area contributed by atoms with Crippen LogP contribution in [0, 0.1) is 0 Å². The SMILES string of the molecule is CCCCCCCCCCNS(=O)(=O)c1ccc(Cl)c(C(=O)O)c1. The lowest BCUT2D eigenvalue weighted by Crippen LogP contribution is -2.25. The van der Waals surface area contributed by atoms with Gasteiger partial charge in [0, 0.05) is 6.54 Å². The molecule has 0 saturated heterocycles. The van der Waals surface area contributed by atoms with Crippen molar-refractivity contribution in [3.63, 3.8) is 0 Å². The van der Waals surface area contributed by atoms with Crippen molar-refractivity contribution >= 4 is 27.6 Å². The summed E-state index contributed by atoms with van der Waals surface area (Å²) in [6.07, 6.45) is 9.06. The fourth-order valence-electron chi connectivity index (χ4n) is 2.38. The predicted octanol–water partition coefficient (Wildman–Crippen LogP) is 4.46. The number of rotatable bonds is 12. The predicted molar refractivity (Wildman–Crippen MR) is 96.2 cm³/mol. The highest BCUT2D eigenvalue weighted by atomic mass is 35.5. The molecule has 0 aromatic heterocycles. The summed E-state index contributed by atoms with van der Waals surface area (Å²) in [5.41, 5.74) is -0.216. The van der Waals surface area contributed by atoms with Gasteiger partial charge in [-0.2, -0.15) is 0 Å². The van der Waals surface area contributed by atoms with Gasteiger partial charge in [-0.25, -0.2) is 17.9 Å². The highest BCUT2D eigenvalue weighted by Gasteiger charge is 2.17. The number of carboxylic acid groups (broad SMARTS) is 1. The second kappa shape index (κ2) is 10.7. The van der Waals surface area contributed by atoms with E-state index < -0.39 is 16.0 Å². The molecule has 0 amide bonds. The lowest BCUT2D eigenvalue weighted by Gasteiger charge is -2.08. The molecule has 0 radical (unpaired) electrons. The summed E-state index contributed by atoms with van der Waals surface area (Å²) in [5, 5.41) is 9.02. The highest BCUT2D eigenvalue weighted by molar-refractivity contribution is 7.89. The monoisotopic (exact) mass is 375 g/mol. The van der Waals surface area contributed by atoms with Crippen molar-refractivity contribution in [2.24, 2.45) is 0 Å². The molecule has 0 heterocycles. The van der Waals surface area contributed by atoms with Crippen molar-refractivity contribution in [3.05, 3.63) is 28.8 Å². The van der Waals surface area contributed by atoms with Gasteiger partial charge in [-0.3, -0.25) is 0 Å². The summed E-state index contributed by atoms with van der Waals surface area (Å²) >= 11 is 5.75. The van der Waals surface area contributed by atoms with Crippen molar-refractivity contribution in [2.45, 2.75) is 63.2 Å². The Morgan fingerprint density at radius 3 is 2.25 bits per heavy atom. The standard InChI is InChI=1S/C17H26ClNO4S/c1-2-3-4-5-6-7-8-9-12-19-24(22,23)14-10-11-16(18)15(13-14)17(20)21/h10-11,13,19H,2-9,12H2,1H3,(H,20,21). The van der Waals surface area contributed by atoms with Gasteiger partial charge < -0.3 is 5.11 Å². The molecule has 2 N–H and O–H groups in total. The third-order valence-corrected chi connectivity index (χ3v) is 5.59. The van der Waals surface area contributed by atoms with Gasteiger partial charge >= 0.3 is 5.97 Å². The molecule has 0 unspecified atom stereocenters. The zero-order chi connectivity index (χ0) is 18.0. The first-order chi connectivity index (χ1) is 11.4. The molecule has 0 bridgehead atoms. The molecular weight excluding hydrogens is 350 g/mol. The average molecular weight is 376 g/mol. The number of unbranched alkanes of at least 4 members (excludes halogenated alkanes) is 7. The van der Waals surface area contributed by atoms with Crippen LogP contribution in [-0.2, 0) is 10.0 Å². The van der Waals surface area contributed by atoms with Crippen molar-refractivity contribution in [1.82, 2.24) is 4.72 Å². The first kappa shape index (κ1) is 20.9. The summed E-state index contributed by atoms with van der Waals surface area (Å²) in [7, 11) is -3.71. The molecule has 1 aromatic carbocycles. The Balaban J connectivity index is 2.39. The number of carboxylic acids is 1. The molecular formula is C17H26ClNO4S. The van der Waals surface area contributed by atoms with Crippen LogP contribution in [0.15, 0.2) is 23.1 Å². The fourth-order valence-corrected chi connectivity index (χ4v) is 3.68. The minimum atomic E-state index is -3.71. The number of halogens is 1. The van der Waals surface area contributed by atoms with Gasteiger partial charge in [0.15, 0.2) is 0 Å². The number of benzene rings is 1. The number of sulfonamides is 1. The molecule has 7 heteroatoms. The Morgan fingerprint density at radius 1 is 1.08 bits per heavy atom. The summed E-state index contributed by atoms with van der Waals surface area (Å²) in [5.74, 6) is -1.25. The quantitative estimate of drug-likeness (QED) is 0.528. The van der Waals surface area contributed by atoms with Crippen molar-refractivity contribution in [3.8, 4) is 0 Å². The third-order valence-electron chi connectivity index (χ3n) is 3.80. The maximum absolute atomic E-state index is 12.2. The van der Waals surface area contributed by atoms with E-state index in [1.54, 1.807) is 0 Å². The van der Waals surface area contributed by atoms with E-state index in [0.717, 1.165) is 25.3 Å². The van der Waals surface area contributed by atoms with Gasteiger partial charge in [0.1, 0.15) is 0 Å². The maximum atomic E-state index is 12.2. The second-order valence-corrected chi connectivity index (χ2v) is 7.99. The van der Waals surface area contributed by atoms with Crippen LogP contribution in [0.4, 0.5) is 0 Å². The Bertz CT molecular complexity index is 631. The summed E-state index contributed by atoms with van der Waals surface area (Å²) in [6, 6.07) is 3.68. The molecule has 0 saturated carbocycles. The Hall–Kier alpha value is -1.11. The van der Waals surface area contributed by atoms with E-state index in [9.17, 15) is 13.2 Å². The molecule has 0 atom stereocenters. The van der Waals surface area contributed by atoms with Crippen molar-refractivity contribution in [2.75, 3.05) is 6.54 Å². The summed E-state index contributed by atoms with van der Waals surface area (Å²) in [6.45, 7) is 2.54. The zero-order valence-corrected chi connectivity index (χ0v) is 15.6. The molecule has 1 aromatic rings. The van der Waals surface area contributed by atoms with Gasteiger partial charge in [0.2, 0.25) is 10.0 Å². The van der Waals surface area contributed by atoms with Crippen LogP contribution in [0.25, 0.3) is 0 Å². The minimum Gasteiger partial charge on any atom is -0.478 e. The van der Waals surface area contributed by atoms with E-state index in [0.29, 0.717) is 6.54 Å². The Labute approximate surface area is 149 Å². The van der Waals surface area contributed by atoms with Gasteiger partial charge in [-0.05, 0) is 24.6 Å². The normalized spacial score (nSPS) is 11.6. The first-order valence-electron chi connectivity index (χ1n) is 8.41. The van der Waals surface area contributed by atoms with Crippen LogP contribution in [0.5, 0.6) is 0 Å². The van der Waals surface area contributed by atoms with E-state index in [4.69, 9.17) is 16.7 Å². The molecule has 1 rings (SSSR count). The lowest BCUT2D eigenvalue weighted by atomic mass is 10.1. The molecule has 5 nitrogen and oxygen atoms in total. The maximum Gasteiger partial charge on any atom is 0.337 e. The summed E-state index contributed by atoms with van der Waals surface area (Å²) in [4.78, 5) is 10.9. The van der Waals surface area contributed by atoms with Crippen LogP contribution >= 0.6 is 11.6 Å². The lowest BCUT2D eigenvalue weighted by molar-refractivity contribution is 0.0697. The van der Waals surface area contributed by atoms with E-state index in [-0.39, 0.29) is 15.5 Å². The number of aromatic carboxylic acids is 1. The molecule has 0 spiro atoms. The Kier molecular flexibility index (Phi) is 9.33. The van der Waals surface area contributed by atoms with Gasteiger partial charge in [-0.15, -0.1) is 0 Å². The number of nitrogens with one attached hydrogen (secondary N) is 1. The van der Waals surface area contributed by atoms with Gasteiger partial charge in [0.05, 0.1) is 15.5 Å². The van der Waals surface area contributed by atoms with Crippen LogP contribution in [0.1, 0.15) is 68.6 Å². The van der Waals surface area contributed by atoms with Crippen LogP contribution in [-0.4, -0.2) is 26.0 Å². The molecule has 0 aliphatic carbocycles. The number of hydrogen-bond donors (Lipinski definition) is 2. The van der Waals surface area contributed by atoms with Crippen LogP contribution in [0.2, 0.25) is 5.02 Å². The highest BCUT2D eigenvalue weighted by Crippen LogP contribution is 2.20. The van der Waals surface area contributed by atoms with Crippen LogP contribution in [0.3, 0.4) is 0 Å². The molecule has 24 heavy (non-hydrogen) atoms. The molecule has 0 aliphatic heterocycles. The average Bonchev–Trinajstić information content (AvgIpc) is 2.53. The van der Waals surface area contributed by atoms with Gasteiger partial charge in [0.25, 0.3) is 0 Å². The molecule has 0 fully saturated rings. The zero-order valence-electron chi connectivity index (χ0n) is 14.1. The van der Waals surface area contributed by atoms with E-state index in [1.807, 2.05) is 0 Å². The molecule has 136 valence electrons. The van der Waals surface area contributed by atoms with E-state index in [2.05, 4.69) is 11.6 Å². The molecule has 0 aliphatic rings. The minimum absolute atomic E-state index is 0.0181. The van der Waals surface area contributed by atoms with E-state index >= 15 is 0 Å². The van der Waals surface area contributed by atoms with Crippen molar-refractivity contribution < 1.29 is 18.3 Å². The van der Waals surface area contributed by atoms with Crippen molar-refractivity contribution in [1.29, 1.82) is 0 Å². The second-order valence-electron chi connectivity index (χ2n) is 5.82. The van der Waals surface area contributed by atoms with Gasteiger partial charge in [-0.1, -0.05) is 63.5 Å². The Morgan fingerprint density at radius 2 is 1.67 bits per heavy atom.